The molecular weight excluding hydrogens is 140 g/mol. The summed E-state index contributed by atoms with van der Waals surface area (Å²) in [6, 6.07) is 0.799. The third kappa shape index (κ3) is 1.70. The van der Waals surface area contributed by atoms with Gasteiger partial charge in [-0.3, -0.25) is 0 Å². The Morgan fingerprint density at radius 2 is 2.27 bits per heavy atom. The number of hydrazine groups is 1. The normalized spacial score (nSPS) is 38.5. The molecule has 0 radical (unpaired) electrons. The van der Waals surface area contributed by atoms with E-state index in [0.717, 1.165) is 38.3 Å². The summed E-state index contributed by atoms with van der Waals surface area (Å²) in [5.74, 6) is 0. The topological polar surface area (TPSA) is 63.0 Å². The summed E-state index contributed by atoms with van der Waals surface area (Å²) in [5.41, 5.74) is 8.54. The maximum atomic E-state index is 5.37. The number of nitrogens with two attached hydrogens (primary N) is 1. The van der Waals surface area contributed by atoms with E-state index in [2.05, 4.69) is 15.8 Å². The van der Waals surface area contributed by atoms with Crippen LogP contribution < -0.4 is 16.5 Å². The molecule has 2 aliphatic heterocycles. The maximum absolute atomic E-state index is 5.37. The fourth-order valence-corrected chi connectivity index (χ4v) is 1.35. The van der Waals surface area contributed by atoms with E-state index in [9.17, 15) is 0 Å². The minimum atomic E-state index is 0.733. The quantitative estimate of drug-likeness (QED) is 0.335. The first kappa shape index (κ1) is 7.49. The van der Waals surface area contributed by atoms with Gasteiger partial charge in [-0.05, 0) is 25.9 Å². The molecule has 2 heterocycles. The summed E-state index contributed by atoms with van der Waals surface area (Å²) in [4.78, 5) is 0. The second kappa shape index (κ2) is 3.06. The minimum Gasteiger partial charge on any atom is -0.330 e. The molecule has 0 aliphatic carbocycles. The van der Waals surface area contributed by atoms with Gasteiger partial charge in [0.1, 0.15) is 6.17 Å². The van der Waals surface area contributed by atoms with Crippen molar-refractivity contribution in [3.8, 4) is 0 Å². The Labute approximate surface area is 67.1 Å². The van der Waals surface area contributed by atoms with E-state index in [1.165, 1.54) is 6.42 Å². The SMILES string of the molecule is NCCCCNC[C@H]1[C@H]2NN21. The van der Waals surface area contributed by atoms with Crippen molar-refractivity contribution in [2.45, 2.75) is 25.0 Å². The smallest absolute Gasteiger partial charge is 0.105 e. The van der Waals surface area contributed by atoms with Crippen molar-refractivity contribution in [3.63, 3.8) is 0 Å². The minimum absolute atomic E-state index is 0.733. The highest BCUT2D eigenvalue weighted by atomic mass is 15.9. The molecule has 0 aromatic heterocycles. The number of fused-ring (bicyclic) bond motifs is 1. The number of nitrogens with zero attached hydrogens (tertiary/aromatic N) is 1. The van der Waals surface area contributed by atoms with E-state index in [0.29, 0.717) is 0 Å². The molecule has 0 amide bonds. The number of hydrogen-bond acceptors (Lipinski definition) is 4. The number of nitrogens with one attached hydrogen (secondary N) is 2. The zero-order valence-electron chi connectivity index (χ0n) is 6.71. The summed E-state index contributed by atoms with van der Waals surface area (Å²) in [6.07, 6.45) is 3.08. The molecule has 1 unspecified atom stereocenters. The van der Waals surface area contributed by atoms with Gasteiger partial charge in [-0.15, -0.1) is 0 Å². The summed E-state index contributed by atoms with van der Waals surface area (Å²) >= 11 is 0. The van der Waals surface area contributed by atoms with Gasteiger partial charge in [-0.1, -0.05) is 0 Å². The van der Waals surface area contributed by atoms with Gasteiger partial charge >= 0.3 is 0 Å². The van der Waals surface area contributed by atoms with E-state index in [1.54, 1.807) is 0 Å². The number of unbranched alkanes of at least 4 members (excludes halogenated alkanes) is 1. The van der Waals surface area contributed by atoms with Gasteiger partial charge in [0.2, 0.25) is 0 Å². The Kier molecular flexibility index (Phi) is 2.09. The lowest BCUT2D eigenvalue weighted by atomic mass is 10.3. The van der Waals surface area contributed by atoms with Gasteiger partial charge in [0.25, 0.3) is 0 Å². The molecule has 2 fully saturated rings. The Balaban J connectivity index is 1.37. The fraction of sp³-hybridized carbons (Fsp3) is 1.00. The molecule has 11 heavy (non-hydrogen) atoms. The van der Waals surface area contributed by atoms with Crippen molar-refractivity contribution in [2.24, 2.45) is 5.73 Å². The average Bonchev–Trinajstić information content (AvgIpc) is 2.83. The largest absolute Gasteiger partial charge is 0.330 e. The second-order valence-corrected chi connectivity index (χ2v) is 3.25. The number of rotatable bonds is 6. The van der Waals surface area contributed by atoms with Crippen LogP contribution >= 0.6 is 0 Å². The van der Waals surface area contributed by atoms with Crippen molar-refractivity contribution in [2.75, 3.05) is 19.6 Å². The van der Waals surface area contributed by atoms with Crippen LogP contribution in [0.25, 0.3) is 0 Å². The monoisotopic (exact) mass is 156 g/mol. The average molecular weight is 156 g/mol. The van der Waals surface area contributed by atoms with E-state index in [4.69, 9.17) is 5.73 Å². The molecule has 3 atom stereocenters. The third-order valence-corrected chi connectivity index (χ3v) is 2.31. The highest BCUT2D eigenvalue weighted by Gasteiger charge is 2.61. The fourth-order valence-electron chi connectivity index (χ4n) is 1.35. The number of hydrogen-bond donors (Lipinski definition) is 3. The second-order valence-electron chi connectivity index (χ2n) is 3.25. The van der Waals surface area contributed by atoms with Gasteiger partial charge in [-0.25, -0.2) is 10.4 Å². The standard InChI is InChI=1S/C7H16N4/c8-3-1-2-4-9-5-6-7-10-11(6)7/h6-7,9-10H,1-5,8H2/t6-,7-,11?/m0/s1. The van der Waals surface area contributed by atoms with Crippen LogP contribution in [0.4, 0.5) is 0 Å². The molecule has 0 bridgehead atoms. The molecule has 0 spiro atoms. The van der Waals surface area contributed by atoms with E-state index >= 15 is 0 Å². The molecule has 0 aromatic carbocycles. The van der Waals surface area contributed by atoms with Crippen LogP contribution in [-0.4, -0.2) is 36.9 Å². The van der Waals surface area contributed by atoms with E-state index in [1.807, 2.05) is 0 Å². The van der Waals surface area contributed by atoms with Crippen molar-refractivity contribution in [3.05, 3.63) is 0 Å². The van der Waals surface area contributed by atoms with Crippen LogP contribution in [0.5, 0.6) is 0 Å². The van der Waals surface area contributed by atoms with Crippen LogP contribution in [0.1, 0.15) is 12.8 Å². The Morgan fingerprint density at radius 1 is 1.45 bits per heavy atom. The van der Waals surface area contributed by atoms with Gasteiger partial charge in [0.15, 0.2) is 0 Å². The van der Waals surface area contributed by atoms with Crippen LogP contribution in [-0.2, 0) is 0 Å². The van der Waals surface area contributed by atoms with Crippen molar-refractivity contribution >= 4 is 0 Å². The lowest BCUT2D eigenvalue weighted by molar-refractivity contribution is 0.488. The Morgan fingerprint density at radius 3 is 2.82 bits per heavy atom. The summed E-state index contributed by atoms with van der Waals surface area (Å²) < 4.78 is 0. The molecule has 0 saturated carbocycles. The highest BCUT2D eigenvalue weighted by Crippen LogP contribution is 2.35. The van der Waals surface area contributed by atoms with Crippen LogP contribution in [0, 0.1) is 0 Å². The zero-order chi connectivity index (χ0) is 7.68. The molecule has 4 heteroatoms. The Hall–Kier alpha value is -0.160. The predicted octanol–water partition coefficient (Wildman–Crippen LogP) is -1.16. The first-order valence-corrected chi connectivity index (χ1v) is 4.39. The van der Waals surface area contributed by atoms with E-state index in [-0.39, 0.29) is 0 Å². The van der Waals surface area contributed by atoms with Crippen LogP contribution in [0.15, 0.2) is 0 Å². The van der Waals surface area contributed by atoms with Crippen molar-refractivity contribution in [1.29, 1.82) is 0 Å². The van der Waals surface area contributed by atoms with Crippen molar-refractivity contribution in [1.82, 2.24) is 15.8 Å². The van der Waals surface area contributed by atoms with Crippen LogP contribution in [0.2, 0.25) is 0 Å². The highest BCUT2D eigenvalue weighted by molar-refractivity contribution is 5.10. The first-order valence-electron chi connectivity index (χ1n) is 4.39. The molecule has 0 aromatic rings. The van der Waals surface area contributed by atoms with Gasteiger partial charge in [0, 0.05) is 6.54 Å². The van der Waals surface area contributed by atoms with Crippen LogP contribution in [0.3, 0.4) is 0 Å². The van der Waals surface area contributed by atoms with Gasteiger partial charge in [0.05, 0.1) is 6.04 Å². The van der Waals surface area contributed by atoms with Crippen molar-refractivity contribution < 1.29 is 0 Å². The molecule has 4 N–H and O–H groups in total. The first-order chi connectivity index (χ1) is 5.43. The molecule has 2 rings (SSSR count). The molecular formula is C7H16N4. The zero-order valence-corrected chi connectivity index (χ0v) is 6.71. The molecule has 64 valence electrons. The third-order valence-electron chi connectivity index (χ3n) is 2.31. The molecule has 2 aliphatic rings. The summed E-state index contributed by atoms with van der Waals surface area (Å²) in [7, 11) is 0. The maximum Gasteiger partial charge on any atom is 0.105 e. The molecule has 4 nitrogen and oxygen atoms in total. The Bertz CT molecular complexity index is 130. The lowest BCUT2D eigenvalue weighted by Gasteiger charge is -2.04. The summed E-state index contributed by atoms with van der Waals surface area (Å²) in [6.45, 7) is 3.08. The predicted molar refractivity (Wildman–Crippen MR) is 43.7 cm³/mol. The van der Waals surface area contributed by atoms with E-state index < -0.39 is 0 Å². The van der Waals surface area contributed by atoms with Gasteiger partial charge < -0.3 is 11.1 Å². The molecule has 2 saturated heterocycles. The summed E-state index contributed by atoms with van der Waals surface area (Å²) in [5, 5.41) is 5.67. The van der Waals surface area contributed by atoms with Gasteiger partial charge in [-0.2, -0.15) is 0 Å². The lowest BCUT2D eigenvalue weighted by Crippen LogP contribution is -2.30.